The molecule has 0 amide bonds. The van der Waals surface area contributed by atoms with Crippen molar-refractivity contribution in [3.8, 4) is 11.8 Å². The van der Waals surface area contributed by atoms with Crippen LogP contribution in [0.5, 0.6) is 5.75 Å². The molecule has 0 aromatic heterocycles. The van der Waals surface area contributed by atoms with E-state index in [1.807, 2.05) is 36.4 Å². The molecule has 0 aliphatic rings. The van der Waals surface area contributed by atoms with Gasteiger partial charge in [-0.1, -0.05) is 0 Å². The molecule has 3 nitrogen and oxygen atoms in total. The molecule has 0 unspecified atom stereocenters. The molecule has 0 fully saturated rings. The van der Waals surface area contributed by atoms with Gasteiger partial charge in [0.2, 0.25) is 0 Å². The van der Waals surface area contributed by atoms with E-state index in [1.165, 1.54) is 9.81 Å². The van der Waals surface area contributed by atoms with Crippen LogP contribution >= 0.6 is 0 Å². The average Bonchev–Trinajstić information content (AvgIpc) is 2.70. The Morgan fingerprint density at radius 2 is 1.32 bits per heavy atom. The first-order chi connectivity index (χ1) is 12.2. The Labute approximate surface area is 155 Å². The van der Waals surface area contributed by atoms with Crippen molar-refractivity contribution >= 4 is 37.3 Å². The van der Waals surface area contributed by atoms with Crippen molar-refractivity contribution in [2.75, 3.05) is 7.11 Å². The Hall–Kier alpha value is -2.68. The number of rotatable bonds is 4. The van der Waals surface area contributed by atoms with Crippen LogP contribution in [0.25, 0.3) is 4.85 Å². The number of ether oxygens (including phenoxy) is 1. The van der Waals surface area contributed by atoms with Gasteiger partial charge >= 0.3 is 156 Å². The van der Waals surface area contributed by atoms with Crippen molar-refractivity contribution in [2.45, 2.75) is 0 Å². The van der Waals surface area contributed by atoms with Gasteiger partial charge in [-0.15, -0.1) is 0 Å². The monoisotopic (exact) mass is 520 g/mol. The van der Waals surface area contributed by atoms with Gasteiger partial charge < -0.3 is 0 Å². The molecule has 0 saturated carbocycles. The fraction of sp³-hybridized carbons (Fsp3) is 0.0476. The summed E-state index contributed by atoms with van der Waals surface area (Å²) in [7, 11) is 1.67. The molecule has 0 bridgehead atoms. The molecule has 3 aromatic rings. The second-order valence-corrected chi connectivity index (χ2v) is 14.0. The molecule has 0 atom stereocenters. The van der Waals surface area contributed by atoms with Gasteiger partial charge in [-0.25, -0.2) is 0 Å². The number of nitriles is 1. The molecular formula is C21H15BiN2O. The standard InChI is InChI=1S/2C7H4N.C7H7O.Bi/c1-8-7-5-3-2-4-6-7;8-6-7-4-2-1-3-5-7;1-8-7-5-3-2-4-6-7;/h3-6H;2-5H;3-6H,1H3;. The molecule has 4 heteroatoms. The predicted octanol–water partition coefficient (Wildman–Crippen LogP) is 2.63. The third kappa shape index (κ3) is 3.88. The number of methoxy groups -OCH3 is 1. The quantitative estimate of drug-likeness (QED) is 0.392. The zero-order valence-corrected chi connectivity index (χ0v) is 17.2. The SMILES string of the molecule is [C-]#[N+]c1cc[c]([Bi]([c]2ccc(C#N)cc2)[c]2ccc(OC)cc2)cc1. The number of hydrogen-bond acceptors (Lipinski definition) is 2. The summed E-state index contributed by atoms with van der Waals surface area (Å²) < 4.78 is 9.21. The van der Waals surface area contributed by atoms with Crippen LogP contribution in [-0.4, -0.2) is 28.9 Å². The van der Waals surface area contributed by atoms with Gasteiger partial charge in [0.1, 0.15) is 0 Å². The molecule has 0 saturated heterocycles. The van der Waals surface area contributed by atoms with E-state index in [0.29, 0.717) is 11.3 Å². The van der Waals surface area contributed by atoms with E-state index < -0.39 is 21.8 Å². The van der Waals surface area contributed by atoms with E-state index in [9.17, 15) is 0 Å². The molecule has 0 N–H and O–H groups in total. The van der Waals surface area contributed by atoms with Crippen LogP contribution in [0, 0.1) is 17.9 Å². The number of benzene rings is 3. The first-order valence-corrected chi connectivity index (χ1v) is 12.9. The maximum atomic E-state index is 9.04. The van der Waals surface area contributed by atoms with E-state index in [4.69, 9.17) is 16.6 Å². The van der Waals surface area contributed by atoms with Crippen molar-refractivity contribution in [1.82, 2.24) is 0 Å². The number of hydrogen-bond donors (Lipinski definition) is 0. The van der Waals surface area contributed by atoms with E-state index in [-0.39, 0.29) is 0 Å². The summed E-state index contributed by atoms with van der Waals surface area (Å²) >= 11 is -2.46. The Morgan fingerprint density at radius 3 is 1.76 bits per heavy atom. The third-order valence-corrected chi connectivity index (χ3v) is 13.3. The van der Waals surface area contributed by atoms with Crippen LogP contribution < -0.4 is 14.6 Å². The molecule has 3 aromatic carbocycles. The molecule has 120 valence electrons. The number of nitrogens with zero attached hydrogens (tertiary/aromatic N) is 2. The topological polar surface area (TPSA) is 37.4 Å². The van der Waals surface area contributed by atoms with Crippen molar-refractivity contribution in [1.29, 1.82) is 5.26 Å². The zero-order valence-electron chi connectivity index (χ0n) is 13.7. The van der Waals surface area contributed by atoms with E-state index in [2.05, 4.69) is 47.3 Å². The van der Waals surface area contributed by atoms with E-state index in [0.717, 1.165) is 5.75 Å². The Balaban J connectivity index is 2.08. The second-order valence-electron chi connectivity index (χ2n) is 5.32. The molecule has 0 aliphatic carbocycles. The maximum absolute atomic E-state index is 9.04. The normalized spacial score (nSPS) is 10.1. The van der Waals surface area contributed by atoms with Gasteiger partial charge in [0.25, 0.3) is 0 Å². The van der Waals surface area contributed by atoms with Crippen LogP contribution in [0.4, 0.5) is 5.69 Å². The first-order valence-electron chi connectivity index (χ1n) is 7.67. The average molecular weight is 520 g/mol. The molecule has 3 rings (SSSR count). The second kappa shape index (κ2) is 7.93. The van der Waals surface area contributed by atoms with Gasteiger partial charge in [0.05, 0.1) is 0 Å². The summed E-state index contributed by atoms with van der Waals surface area (Å²) in [4.78, 5) is 3.48. The van der Waals surface area contributed by atoms with E-state index in [1.54, 1.807) is 7.11 Å². The summed E-state index contributed by atoms with van der Waals surface area (Å²) in [5, 5.41) is 9.04. The molecule has 0 radical (unpaired) electrons. The van der Waals surface area contributed by atoms with Gasteiger partial charge in [-0.3, -0.25) is 0 Å². The van der Waals surface area contributed by atoms with Gasteiger partial charge in [-0.2, -0.15) is 0 Å². The minimum atomic E-state index is -2.46. The summed E-state index contributed by atoms with van der Waals surface area (Å²) in [5.74, 6) is 0.843. The molecular weight excluding hydrogens is 505 g/mol. The Bertz CT molecular complexity index is 876. The van der Waals surface area contributed by atoms with E-state index >= 15 is 0 Å². The third-order valence-electron chi connectivity index (χ3n) is 3.82. The van der Waals surface area contributed by atoms with Crippen LogP contribution in [0.1, 0.15) is 5.56 Å². The van der Waals surface area contributed by atoms with Gasteiger partial charge in [0, 0.05) is 0 Å². The summed E-state index contributed by atoms with van der Waals surface area (Å²) in [5.41, 5.74) is 1.33. The fourth-order valence-electron chi connectivity index (χ4n) is 2.54. The minimum absolute atomic E-state index is 0.655. The van der Waals surface area contributed by atoms with Crippen LogP contribution in [0.15, 0.2) is 72.8 Å². The molecule has 0 heterocycles. The van der Waals surface area contributed by atoms with Crippen molar-refractivity contribution in [2.24, 2.45) is 0 Å². The van der Waals surface area contributed by atoms with Gasteiger partial charge in [-0.05, 0) is 0 Å². The van der Waals surface area contributed by atoms with Gasteiger partial charge in [0.15, 0.2) is 0 Å². The molecule has 25 heavy (non-hydrogen) atoms. The summed E-state index contributed by atoms with van der Waals surface area (Å²) in [6.45, 7) is 7.14. The summed E-state index contributed by atoms with van der Waals surface area (Å²) in [6, 6.07) is 26.3. The fourth-order valence-corrected chi connectivity index (χ4v) is 11.2. The van der Waals surface area contributed by atoms with Crippen molar-refractivity contribution in [3.05, 3.63) is 89.8 Å². The first kappa shape index (κ1) is 17.2. The van der Waals surface area contributed by atoms with Crippen LogP contribution in [0.3, 0.4) is 0 Å². The predicted molar refractivity (Wildman–Crippen MR) is 102 cm³/mol. The molecule has 0 aliphatic heterocycles. The van der Waals surface area contributed by atoms with Crippen LogP contribution in [0.2, 0.25) is 0 Å². The Kier molecular flexibility index (Phi) is 5.44. The Morgan fingerprint density at radius 1 is 0.840 bits per heavy atom. The zero-order chi connectivity index (χ0) is 17.6. The summed E-state index contributed by atoms with van der Waals surface area (Å²) in [6.07, 6.45) is 0. The van der Waals surface area contributed by atoms with Crippen molar-refractivity contribution < 1.29 is 4.74 Å². The molecule has 0 spiro atoms. The van der Waals surface area contributed by atoms with Crippen molar-refractivity contribution in [3.63, 3.8) is 0 Å². The van der Waals surface area contributed by atoms with Crippen LogP contribution in [-0.2, 0) is 0 Å².